The molecule has 11 aromatic carbocycles. The number of fused-ring (bicyclic) bond motifs is 18. The highest BCUT2D eigenvalue weighted by Gasteiger charge is 2.34. The zero-order valence-corrected chi connectivity index (χ0v) is 41.4. The van der Waals surface area contributed by atoms with Gasteiger partial charge >= 0.3 is 0 Å². The Morgan fingerprint density at radius 2 is 0.907 bits per heavy atom. The molecule has 0 radical (unpaired) electrons. The Kier molecular flexibility index (Phi) is 8.85. The lowest BCUT2D eigenvalue weighted by Gasteiger charge is -2.26. The standard InChI is InChI=1S/C68H36N4OS2/c1-70-60-58(40-19-7-3-8-20-40)53(38-69)61(71-54-37-42(39-17-5-2-6-18-39)29-30-43(54)47-31-34-50-44-23-11-14-26-55(44)73-66(50)62(47)71)59(41-21-9-4-10-22-41)65(60)72-63-48(32-35-51-45-24-12-15-27-56(45)74-67(51)63)49-33-36-52-46-25-13-16-28-57(46)75-68(52)64(49)72/h2-37H. The lowest BCUT2D eigenvalue weighted by Crippen LogP contribution is -2.09. The molecule has 0 atom stereocenters. The molecule has 346 valence electrons. The van der Waals surface area contributed by atoms with Gasteiger partial charge in [0.15, 0.2) is 5.58 Å². The summed E-state index contributed by atoms with van der Waals surface area (Å²) in [6, 6.07) is 79.5. The van der Waals surface area contributed by atoms with Crippen molar-refractivity contribution in [3.05, 3.63) is 235 Å². The number of aromatic nitrogens is 2. The predicted octanol–water partition coefficient (Wildman–Crippen LogP) is 19.9. The average Bonchev–Trinajstić information content (AvgIpc) is 4.32. The minimum Gasteiger partial charge on any atom is -0.454 e. The predicted molar refractivity (Wildman–Crippen MR) is 315 cm³/mol. The van der Waals surface area contributed by atoms with Gasteiger partial charge < -0.3 is 13.6 Å². The lowest BCUT2D eigenvalue weighted by molar-refractivity contribution is 0.671. The number of para-hydroxylation sites is 1. The van der Waals surface area contributed by atoms with Gasteiger partial charge in [0.25, 0.3) is 0 Å². The number of hydrogen-bond acceptors (Lipinski definition) is 4. The minimum absolute atomic E-state index is 0.395. The van der Waals surface area contributed by atoms with Crippen LogP contribution in [-0.4, -0.2) is 9.13 Å². The van der Waals surface area contributed by atoms with Crippen LogP contribution in [0.5, 0.6) is 0 Å². The summed E-state index contributed by atoms with van der Waals surface area (Å²) in [6.45, 7) is 9.61. The van der Waals surface area contributed by atoms with E-state index < -0.39 is 0 Å². The quantitative estimate of drug-likeness (QED) is 0.161. The first-order valence-corrected chi connectivity index (χ1v) is 26.6. The van der Waals surface area contributed by atoms with Crippen LogP contribution < -0.4 is 0 Å². The maximum Gasteiger partial charge on any atom is 0.220 e. The van der Waals surface area contributed by atoms with Gasteiger partial charge in [0, 0.05) is 74.4 Å². The van der Waals surface area contributed by atoms with Gasteiger partial charge in [-0.2, -0.15) is 5.26 Å². The molecule has 0 saturated carbocycles. The first kappa shape index (κ1) is 41.8. The molecule has 0 aliphatic heterocycles. The lowest BCUT2D eigenvalue weighted by atomic mass is 9.88. The highest BCUT2D eigenvalue weighted by Crippen LogP contribution is 2.55. The van der Waals surface area contributed by atoms with Gasteiger partial charge in [-0.3, -0.25) is 0 Å². The molecule has 16 rings (SSSR count). The Morgan fingerprint density at radius 3 is 1.51 bits per heavy atom. The highest BCUT2D eigenvalue weighted by molar-refractivity contribution is 7.27. The van der Waals surface area contributed by atoms with Crippen molar-refractivity contribution >= 4 is 134 Å². The van der Waals surface area contributed by atoms with E-state index in [1.807, 2.05) is 54.6 Å². The summed E-state index contributed by atoms with van der Waals surface area (Å²) < 4.78 is 16.5. The molecule has 0 aliphatic carbocycles. The molecule has 0 aliphatic rings. The van der Waals surface area contributed by atoms with Gasteiger partial charge in [-0.1, -0.05) is 188 Å². The van der Waals surface area contributed by atoms with Crippen LogP contribution in [0.15, 0.2) is 223 Å². The smallest absolute Gasteiger partial charge is 0.220 e. The van der Waals surface area contributed by atoms with E-state index in [1.54, 1.807) is 22.7 Å². The van der Waals surface area contributed by atoms with Crippen molar-refractivity contribution in [3.8, 4) is 50.8 Å². The van der Waals surface area contributed by atoms with E-state index in [0.29, 0.717) is 28.2 Å². The van der Waals surface area contributed by atoms with Crippen molar-refractivity contribution in [2.75, 3.05) is 0 Å². The van der Waals surface area contributed by atoms with E-state index in [1.165, 1.54) is 20.2 Å². The minimum atomic E-state index is 0.395. The van der Waals surface area contributed by atoms with Gasteiger partial charge in [0.1, 0.15) is 11.7 Å². The first-order valence-electron chi connectivity index (χ1n) is 24.9. The molecule has 7 heteroatoms. The molecule has 16 aromatic rings. The van der Waals surface area contributed by atoms with E-state index in [0.717, 1.165) is 114 Å². The van der Waals surface area contributed by atoms with Crippen LogP contribution in [0.1, 0.15) is 5.56 Å². The molecule has 5 aromatic heterocycles. The van der Waals surface area contributed by atoms with Crippen LogP contribution in [0.4, 0.5) is 5.69 Å². The van der Waals surface area contributed by atoms with Crippen molar-refractivity contribution in [1.29, 1.82) is 5.26 Å². The van der Waals surface area contributed by atoms with Crippen LogP contribution in [-0.2, 0) is 0 Å². The molecule has 0 bridgehead atoms. The Hall–Kier alpha value is -9.76. The SMILES string of the molecule is [C-]#[N+]c1c(-c2ccccc2)c(C#N)c(-n2c3cc(-c4ccccc4)ccc3c3ccc4c5ccccc5oc4c32)c(-c2ccccc2)c1-n1c2c(ccc3c4ccccc4sc32)c2ccc3c4ccccc4sc3c21. The summed E-state index contributed by atoms with van der Waals surface area (Å²) in [6.07, 6.45) is 0. The van der Waals surface area contributed by atoms with Crippen molar-refractivity contribution in [2.45, 2.75) is 0 Å². The fourth-order valence-electron chi connectivity index (χ4n) is 12.2. The van der Waals surface area contributed by atoms with E-state index in [9.17, 15) is 11.8 Å². The average molecular weight is 989 g/mol. The van der Waals surface area contributed by atoms with Crippen LogP contribution in [0.25, 0.3) is 155 Å². The maximum atomic E-state index is 12.3. The van der Waals surface area contributed by atoms with Crippen LogP contribution >= 0.6 is 22.7 Å². The van der Waals surface area contributed by atoms with Crippen molar-refractivity contribution in [2.24, 2.45) is 0 Å². The van der Waals surface area contributed by atoms with Gasteiger partial charge in [0.05, 0.1) is 55.0 Å². The van der Waals surface area contributed by atoms with Crippen LogP contribution in [0.3, 0.4) is 0 Å². The Bertz CT molecular complexity index is 5070. The highest BCUT2D eigenvalue weighted by atomic mass is 32.1. The summed E-state index contributed by atoms with van der Waals surface area (Å²) in [5.41, 5.74) is 12.6. The second-order valence-corrected chi connectivity index (χ2v) is 21.3. The third-order valence-electron chi connectivity index (χ3n) is 15.4. The summed E-state index contributed by atoms with van der Waals surface area (Å²) in [5, 5.41) is 23.2. The van der Waals surface area contributed by atoms with Crippen LogP contribution in [0, 0.1) is 17.9 Å². The van der Waals surface area contributed by atoms with Crippen molar-refractivity contribution in [1.82, 2.24) is 9.13 Å². The molecule has 0 spiro atoms. The fraction of sp³-hybridized carbons (Fsp3) is 0. The van der Waals surface area contributed by atoms with Gasteiger partial charge in [0.2, 0.25) is 5.69 Å². The fourth-order valence-corrected chi connectivity index (χ4v) is 14.7. The summed E-state index contributed by atoms with van der Waals surface area (Å²) >= 11 is 3.59. The molecule has 5 nitrogen and oxygen atoms in total. The Labute approximate surface area is 436 Å². The van der Waals surface area contributed by atoms with E-state index in [2.05, 4.69) is 179 Å². The molecule has 0 N–H and O–H groups in total. The molecule has 0 amide bonds. The second kappa shape index (κ2) is 15.9. The molecule has 5 heterocycles. The Balaban J connectivity index is 1.22. The monoisotopic (exact) mass is 988 g/mol. The maximum absolute atomic E-state index is 12.3. The van der Waals surface area contributed by atoms with Gasteiger partial charge in [-0.05, 0) is 52.6 Å². The zero-order valence-electron chi connectivity index (χ0n) is 39.8. The number of hydrogen-bond donors (Lipinski definition) is 0. The molecular formula is C68H36N4OS2. The molecule has 0 fully saturated rings. The van der Waals surface area contributed by atoms with Crippen molar-refractivity contribution < 1.29 is 4.42 Å². The molecule has 0 saturated heterocycles. The first-order chi connectivity index (χ1) is 37.2. The van der Waals surface area contributed by atoms with Crippen molar-refractivity contribution in [3.63, 3.8) is 0 Å². The molecular weight excluding hydrogens is 953 g/mol. The third kappa shape index (κ3) is 5.79. The number of rotatable bonds is 5. The molecule has 75 heavy (non-hydrogen) atoms. The van der Waals surface area contributed by atoms with Gasteiger partial charge in [-0.15, -0.1) is 22.7 Å². The van der Waals surface area contributed by atoms with Gasteiger partial charge in [-0.25, -0.2) is 4.85 Å². The number of nitrogens with zero attached hydrogens (tertiary/aromatic N) is 4. The Morgan fingerprint density at radius 1 is 0.413 bits per heavy atom. The largest absolute Gasteiger partial charge is 0.454 e. The summed E-state index contributed by atoms with van der Waals surface area (Å²) in [4.78, 5) is 4.69. The summed E-state index contributed by atoms with van der Waals surface area (Å²) in [7, 11) is 0. The number of thiophene rings is 2. The van der Waals surface area contributed by atoms with E-state index in [-0.39, 0.29) is 0 Å². The zero-order chi connectivity index (χ0) is 49.5. The number of benzene rings is 11. The summed E-state index contributed by atoms with van der Waals surface area (Å²) in [5.74, 6) is 0. The second-order valence-electron chi connectivity index (χ2n) is 19.2. The van der Waals surface area contributed by atoms with E-state index >= 15 is 0 Å². The molecule has 0 unspecified atom stereocenters. The number of furan rings is 1. The van der Waals surface area contributed by atoms with Crippen LogP contribution in [0.2, 0.25) is 0 Å². The topological polar surface area (TPSA) is 51.1 Å². The number of nitriles is 1. The third-order valence-corrected chi connectivity index (χ3v) is 17.8. The van der Waals surface area contributed by atoms with E-state index in [4.69, 9.17) is 9.26 Å². The normalized spacial score (nSPS) is 12.0.